The Morgan fingerprint density at radius 2 is 2.25 bits per heavy atom. The van der Waals surface area contributed by atoms with Crippen molar-refractivity contribution in [2.75, 3.05) is 0 Å². The average Bonchev–Trinajstić information content (AvgIpc) is 2.64. The van der Waals surface area contributed by atoms with E-state index in [1.165, 1.54) is 0 Å². The Hall–Kier alpha value is -1.68. The standard InChI is InChI=1S/C12H14N2O2/c1-3-11(16)8-4-5-10-9(6-8)13-12(7-15)14(10)2/h4-6,15H,3,7H2,1-2H3. The number of carbonyl (C=O) groups is 1. The van der Waals surface area contributed by atoms with E-state index < -0.39 is 0 Å². The summed E-state index contributed by atoms with van der Waals surface area (Å²) >= 11 is 0. The highest BCUT2D eigenvalue weighted by molar-refractivity contribution is 5.98. The number of aromatic nitrogens is 2. The number of benzene rings is 1. The molecular formula is C12H14N2O2. The predicted octanol–water partition coefficient (Wildman–Crippen LogP) is 1.66. The minimum Gasteiger partial charge on any atom is -0.388 e. The molecule has 0 aliphatic carbocycles. The lowest BCUT2D eigenvalue weighted by Gasteiger charge is -1.99. The Morgan fingerprint density at radius 1 is 1.50 bits per heavy atom. The number of Topliss-reactive ketones (excluding diaryl/α,β-unsaturated/α-hetero) is 1. The van der Waals surface area contributed by atoms with Crippen LogP contribution in [0.1, 0.15) is 29.5 Å². The molecule has 0 fully saturated rings. The molecule has 1 aromatic heterocycles. The molecule has 4 nitrogen and oxygen atoms in total. The van der Waals surface area contributed by atoms with Gasteiger partial charge in [-0.25, -0.2) is 4.98 Å². The van der Waals surface area contributed by atoms with Gasteiger partial charge in [0.15, 0.2) is 5.78 Å². The van der Waals surface area contributed by atoms with Gasteiger partial charge in [-0.15, -0.1) is 0 Å². The third-order valence-electron chi connectivity index (χ3n) is 2.76. The number of aliphatic hydroxyl groups excluding tert-OH is 1. The largest absolute Gasteiger partial charge is 0.388 e. The normalized spacial score (nSPS) is 10.9. The van der Waals surface area contributed by atoms with Crippen LogP contribution in [0.4, 0.5) is 0 Å². The topological polar surface area (TPSA) is 55.1 Å². The van der Waals surface area contributed by atoms with Gasteiger partial charge in [0.2, 0.25) is 0 Å². The summed E-state index contributed by atoms with van der Waals surface area (Å²) in [5, 5.41) is 9.09. The summed E-state index contributed by atoms with van der Waals surface area (Å²) in [6.45, 7) is 1.74. The van der Waals surface area contributed by atoms with Crippen molar-refractivity contribution in [3.63, 3.8) is 0 Å². The van der Waals surface area contributed by atoms with Gasteiger partial charge in [0.05, 0.1) is 11.0 Å². The zero-order valence-electron chi connectivity index (χ0n) is 9.40. The van der Waals surface area contributed by atoms with E-state index in [0.29, 0.717) is 17.8 Å². The lowest BCUT2D eigenvalue weighted by atomic mass is 10.1. The van der Waals surface area contributed by atoms with Gasteiger partial charge in [-0.05, 0) is 18.2 Å². The van der Waals surface area contributed by atoms with Crippen molar-refractivity contribution in [1.82, 2.24) is 9.55 Å². The molecular weight excluding hydrogens is 204 g/mol. The number of hydrogen-bond donors (Lipinski definition) is 1. The minimum absolute atomic E-state index is 0.0950. The van der Waals surface area contributed by atoms with E-state index in [-0.39, 0.29) is 12.4 Å². The van der Waals surface area contributed by atoms with Gasteiger partial charge in [-0.2, -0.15) is 0 Å². The Morgan fingerprint density at radius 3 is 2.88 bits per heavy atom. The molecule has 0 amide bonds. The van der Waals surface area contributed by atoms with Gasteiger partial charge in [0.25, 0.3) is 0 Å². The first-order valence-electron chi connectivity index (χ1n) is 5.26. The van der Waals surface area contributed by atoms with Crippen molar-refractivity contribution >= 4 is 16.8 Å². The van der Waals surface area contributed by atoms with Crippen molar-refractivity contribution in [3.05, 3.63) is 29.6 Å². The quantitative estimate of drug-likeness (QED) is 0.797. The van der Waals surface area contributed by atoms with Gasteiger partial charge >= 0.3 is 0 Å². The summed E-state index contributed by atoms with van der Waals surface area (Å²) in [6, 6.07) is 5.45. The smallest absolute Gasteiger partial charge is 0.162 e. The van der Waals surface area contributed by atoms with E-state index >= 15 is 0 Å². The Bertz CT molecular complexity index is 543. The number of aliphatic hydroxyl groups is 1. The number of rotatable bonds is 3. The van der Waals surface area contributed by atoms with E-state index in [9.17, 15) is 4.79 Å². The average molecular weight is 218 g/mol. The lowest BCUT2D eigenvalue weighted by Crippen LogP contribution is -1.97. The molecule has 2 rings (SSSR count). The third kappa shape index (κ3) is 1.61. The van der Waals surface area contributed by atoms with Crippen LogP contribution < -0.4 is 0 Å². The second-order valence-corrected chi connectivity index (χ2v) is 3.73. The summed E-state index contributed by atoms with van der Waals surface area (Å²) in [5.41, 5.74) is 2.36. The van der Waals surface area contributed by atoms with Crippen molar-refractivity contribution in [1.29, 1.82) is 0 Å². The first-order valence-corrected chi connectivity index (χ1v) is 5.26. The van der Waals surface area contributed by atoms with Crippen LogP contribution in [0, 0.1) is 0 Å². The van der Waals surface area contributed by atoms with Crippen molar-refractivity contribution < 1.29 is 9.90 Å². The SMILES string of the molecule is CCC(=O)c1ccc2c(c1)nc(CO)n2C. The number of carbonyl (C=O) groups excluding carboxylic acids is 1. The van der Waals surface area contributed by atoms with E-state index in [1.54, 1.807) is 12.1 Å². The molecule has 4 heteroatoms. The Kier molecular flexibility index (Phi) is 2.75. The second-order valence-electron chi connectivity index (χ2n) is 3.73. The van der Waals surface area contributed by atoms with Crippen molar-refractivity contribution in [2.24, 2.45) is 7.05 Å². The van der Waals surface area contributed by atoms with Gasteiger partial charge in [0, 0.05) is 19.0 Å². The number of nitrogens with zero attached hydrogens (tertiary/aromatic N) is 2. The monoisotopic (exact) mass is 218 g/mol. The number of hydrogen-bond acceptors (Lipinski definition) is 3. The van der Waals surface area contributed by atoms with E-state index in [2.05, 4.69) is 4.98 Å². The molecule has 1 aromatic carbocycles. The molecule has 0 saturated heterocycles. The fourth-order valence-electron chi connectivity index (χ4n) is 1.77. The molecule has 16 heavy (non-hydrogen) atoms. The fourth-order valence-corrected chi connectivity index (χ4v) is 1.77. The molecule has 0 radical (unpaired) electrons. The Balaban J connectivity index is 2.59. The summed E-state index contributed by atoms with van der Waals surface area (Å²) in [7, 11) is 1.85. The fraction of sp³-hybridized carbons (Fsp3) is 0.333. The maximum Gasteiger partial charge on any atom is 0.162 e. The summed E-state index contributed by atoms with van der Waals surface area (Å²) < 4.78 is 1.83. The van der Waals surface area contributed by atoms with Gasteiger partial charge in [0.1, 0.15) is 12.4 Å². The van der Waals surface area contributed by atoms with Crippen LogP contribution in [0.15, 0.2) is 18.2 Å². The summed E-state index contributed by atoms with van der Waals surface area (Å²) in [5.74, 6) is 0.717. The van der Waals surface area contributed by atoms with Crippen molar-refractivity contribution in [3.8, 4) is 0 Å². The second kappa shape index (κ2) is 4.06. The van der Waals surface area contributed by atoms with Crippen LogP contribution in [0.25, 0.3) is 11.0 Å². The number of ketones is 1. The zero-order valence-corrected chi connectivity index (χ0v) is 9.40. The molecule has 0 spiro atoms. The number of fused-ring (bicyclic) bond motifs is 1. The van der Waals surface area contributed by atoms with Gasteiger partial charge in [-0.1, -0.05) is 6.92 Å². The highest BCUT2D eigenvalue weighted by atomic mass is 16.3. The molecule has 0 aliphatic heterocycles. The van der Waals surface area contributed by atoms with Crippen LogP contribution in [0.2, 0.25) is 0 Å². The molecule has 1 heterocycles. The number of imidazole rings is 1. The zero-order chi connectivity index (χ0) is 11.7. The van der Waals surface area contributed by atoms with Gasteiger partial charge < -0.3 is 9.67 Å². The lowest BCUT2D eigenvalue weighted by molar-refractivity contribution is 0.0988. The summed E-state index contributed by atoms with van der Waals surface area (Å²) in [4.78, 5) is 15.8. The van der Waals surface area contributed by atoms with Crippen LogP contribution in [0.5, 0.6) is 0 Å². The predicted molar refractivity (Wildman–Crippen MR) is 61.3 cm³/mol. The maximum atomic E-state index is 11.5. The third-order valence-corrected chi connectivity index (χ3v) is 2.76. The highest BCUT2D eigenvalue weighted by Crippen LogP contribution is 2.17. The van der Waals surface area contributed by atoms with Crippen LogP contribution in [-0.2, 0) is 13.7 Å². The van der Waals surface area contributed by atoms with Gasteiger partial charge in [-0.3, -0.25) is 4.79 Å². The van der Waals surface area contributed by atoms with E-state index in [1.807, 2.05) is 24.6 Å². The van der Waals surface area contributed by atoms with E-state index in [4.69, 9.17) is 5.11 Å². The van der Waals surface area contributed by atoms with Crippen LogP contribution in [-0.4, -0.2) is 20.4 Å². The van der Waals surface area contributed by atoms with Crippen LogP contribution >= 0.6 is 0 Å². The molecule has 0 unspecified atom stereocenters. The maximum absolute atomic E-state index is 11.5. The molecule has 0 bridgehead atoms. The highest BCUT2D eigenvalue weighted by Gasteiger charge is 2.09. The molecule has 2 aromatic rings. The molecule has 0 aliphatic rings. The number of aryl methyl sites for hydroxylation is 1. The van der Waals surface area contributed by atoms with Crippen LogP contribution in [0.3, 0.4) is 0 Å². The van der Waals surface area contributed by atoms with E-state index in [0.717, 1.165) is 11.0 Å². The Labute approximate surface area is 93.5 Å². The molecule has 1 N–H and O–H groups in total. The first-order chi connectivity index (χ1) is 7.67. The molecule has 0 atom stereocenters. The first kappa shape index (κ1) is 10.8. The van der Waals surface area contributed by atoms with Crippen molar-refractivity contribution in [2.45, 2.75) is 20.0 Å². The molecule has 0 saturated carbocycles. The summed E-state index contributed by atoms with van der Waals surface area (Å²) in [6.07, 6.45) is 0.491. The minimum atomic E-state index is -0.0950. The molecule has 84 valence electrons.